The topological polar surface area (TPSA) is 76.6 Å². The van der Waals surface area contributed by atoms with Gasteiger partial charge in [-0.15, -0.1) is 0 Å². The van der Waals surface area contributed by atoms with Crippen molar-refractivity contribution in [1.82, 2.24) is 4.98 Å². The first kappa shape index (κ1) is 22.9. The molecular weight excluding hydrogens is 456 g/mol. The zero-order valence-corrected chi connectivity index (χ0v) is 20.2. The Morgan fingerprint density at radius 1 is 0.970 bits per heavy atom. The molecule has 0 fully saturated rings. The van der Waals surface area contributed by atoms with Crippen LogP contribution in [-0.2, 0) is 21.2 Å². The lowest BCUT2D eigenvalue weighted by molar-refractivity contribution is -0.116. The number of benzene rings is 3. The van der Waals surface area contributed by atoms with Gasteiger partial charge in [0.1, 0.15) is 11.5 Å². The van der Waals surface area contributed by atoms with Crippen LogP contribution in [0.4, 0.5) is 5.13 Å². The second kappa shape index (κ2) is 9.33. The number of hydrogen-bond acceptors (Lipinski definition) is 6. The van der Waals surface area contributed by atoms with Gasteiger partial charge in [0.05, 0.1) is 28.8 Å². The van der Waals surface area contributed by atoms with Crippen molar-refractivity contribution in [3.05, 3.63) is 83.4 Å². The molecule has 8 heteroatoms. The minimum absolute atomic E-state index is 0.0762. The van der Waals surface area contributed by atoms with Crippen molar-refractivity contribution >= 4 is 42.4 Å². The Bertz CT molecular complexity index is 1360. The van der Waals surface area contributed by atoms with Crippen LogP contribution in [0.25, 0.3) is 10.2 Å². The maximum Gasteiger partial charge on any atom is 0.244 e. The third-order valence-corrected chi connectivity index (χ3v) is 8.21. The molecule has 0 aliphatic rings. The number of nitrogens with zero attached hydrogens (tertiary/aromatic N) is 2. The lowest BCUT2D eigenvalue weighted by Gasteiger charge is -2.20. The van der Waals surface area contributed by atoms with Crippen LogP contribution in [0.3, 0.4) is 0 Å². The number of methoxy groups -OCH3 is 1. The second-order valence-electron chi connectivity index (χ2n) is 7.77. The van der Waals surface area contributed by atoms with Gasteiger partial charge in [0.25, 0.3) is 0 Å². The smallest absolute Gasteiger partial charge is 0.244 e. The monoisotopic (exact) mass is 480 g/mol. The van der Waals surface area contributed by atoms with Crippen molar-refractivity contribution in [2.45, 2.75) is 25.3 Å². The Hall–Kier alpha value is -3.23. The number of thiazole rings is 1. The van der Waals surface area contributed by atoms with Crippen LogP contribution < -0.4 is 9.64 Å². The van der Waals surface area contributed by atoms with Gasteiger partial charge in [0, 0.05) is 0 Å². The molecule has 170 valence electrons. The van der Waals surface area contributed by atoms with Crippen molar-refractivity contribution in [2.24, 2.45) is 0 Å². The zero-order chi connectivity index (χ0) is 23.6. The first-order valence-corrected chi connectivity index (χ1v) is 12.8. The van der Waals surface area contributed by atoms with E-state index in [2.05, 4.69) is 0 Å². The Kier molecular flexibility index (Phi) is 6.49. The van der Waals surface area contributed by atoms with E-state index in [9.17, 15) is 13.2 Å². The van der Waals surface area contributed by atoms with Gasteiger partial charge < -0.3 is 4.74 Å². The van der Waals surface area contributed by atoms with E-state index in [1.807, 2.05) is 56.3 Å². The van der Waals surface area contributed by atoms with Crippen LogP contribution in [-0.4, -0.2) is 32.2 Å². The molecule has 0 aliphatic carbocycles. The average molecular weight is 481 g/mol. The Labute approximate surface area is 197 Å². The van der Waals surface area contributed by atoms with Crippen molar-refractivity contribution < 1.29 is 17.9 Å². The highest BCUT2D eigenvalue weighted by Crippen LogP contribution is 2.34. The lowest BCUT2D eigenvalue weighted by atomic mass is 10.1. The van der Waals surface area contributed by atoms with E-state index in [1.54, 1.807) is 12.1 Å². The Balaban J connectivity index is 1.71. The van der Waals surface area contributed by atoms with Crippen LogP contribution in [0.2, 0.25) is 0 Å². The number of aromatic nitrogens is 1. The van der Waals surface area contributed by atoms with Crippen LogP contribution in [0, 0.1) is 13.8 Å². The van der Waals surface area contributed by atoms with Crippen LogP contribution in [0.5, 0.6) is 5.75 Å². The van der Waals surface area contributed by atoms with Gasteiger partial charge in [-0.25, -0.2) is 13.4 Å². The number of anilines is 1. The van der Waals surface area contributed by atoms with Crippen molar-refractivity contribution in [1.29, 1.82) is 0 Å². The number of amides is 1. The molecule has 1 aromatic heterocycles. The highest BCUT2D eigenvalue weighted by Gasteiger charge is 2.27. The fourth-order valence-corrected chi connectivity index (χ4v) is 5.83. The molecule has 6 nitrogen and oxygen atoms in total. The largest absolute Gasteiger partial charge is 0.497 e. The van der Waals surface area contributed by atoms with E-state index in [4.69, 9.17) is 9.72 Å². The molecule has 0 saturated heterocycles. The molecule has 4 rings (SSSR count). The number of hydrogen-bond donors (Lipinski definition) is 0. The first-order chi connectivity index (χ1) is 15.8. The van der Waals surface area contributed by atoms with Crippen LogP contribution in [0.1, 0.15) is 16.7 Å². The SMILES string of the molecule is COc1ccc(S(=O)(=O)CC(=O)N(Cc2ccccc2)c2nc3c(C)ccc(C)c3s2)cc1. The van der Waals surface area contributed by atoms with Gasteiger partial charge >= 0.3 is 0 Å². The van der Waals surface area contributed by atoms with E-state index in [0.29, 0.717) is 10.9 Å². The summed E-state index contributed by atoms with van der Waals surface area (Å²) in [5, 5.41) is 0.487. The zero-order valence-electron chi connectivity index (χ0n) is 18.6. The molecule has 1 heterocycles. The molecular formula is C25H24N2O4S2. The molecule has 0 unspecified atom stereocenters. The first-order valence-electron chi connectivity index (χ1n) is 10.4. The number of fused-ring (bicyclic) bond motifs is 1. The summed E-state index contributed by atoms with van der Waals surface area (Å²) in [5.74, 6) is -0.629. The minimum Gasteiger partial charge on any atom is -0.497 e. The lowest BCUT2D eigenvalue weighted by Crippen LogP contribution is -2.35. The van der Waals surface area contributed by atoms with Gasteiger partial charge in [-0.2, -0.15) is 0 Å². The van der Waals surface area contributed by atoms with Gasteiger partial charge in [0.2, 0.25) is 5.91 Å². The molecule has 0 atom stereocenters. The van der Waals surface area contributed by atoms with E-state index in [1.165, 1.54) is 35.5 Å². The quantitative estimate of drug-likeness (QED) is 0.375. The van der Waals surface area contributed by atoms with E-state index < -0.39 is 21.5 Å². The Morgan fingerprint density at radius 2 is 1.64 bits per heavy atom. The molecule has 0 bridgehead atoms. The normalized spacial score (nSPS) is 11.5. The fraction of sp³-hybridized carbons (Fsp3) is 0.200. The predicted octanol–water partition coefficient (Wildman–Crippen LogP) is 4.93. The molecule has 1 amide bonds. The minimum atomic E-state index is -3.85. The highest BCUT2D eigenvalue weighted by molar-refractivity contribution is 7.92. The maximum atomic E-state index is 13.4. The molecule has 0 saturated carbocycles. The van der Waals surface area contributed by atoms with Gasteiger partial charge in [-0.1, -0.05) is 53.8 Å². The number of aryl methyl sites for hydroxylation is 2. The standard InChI is InChI=1S/C25H24N2O4S2/c1-17-9-10-18(2)24-23(17)26-25(32-24)27(15-19-7-5-4-6-8-19)22(28)16-33(29,30)21-13-11-20(31-3)12-14-21/h4-14H,15-16H2,1-3H3. The summed E-state index contributed by atoms with van der Waals surface area (Å²) in [5.41, 5.74) is 3.80. The van der Waals surface area contributed by atoms with Gasteiger partial charge in [-0.3, -0.25) is 9.69 Å². The average Bonchev–Trinajstić information content (AvgIpc) is 3.27. The van der Waals surface area contributed by atoms with Crippen LogP contribution in [0.15, 0.2) is 71.6 Å². The number of sulfone groups is 1. The molecule has 4 aromatic rings. The van der Waals surface area contributed by atoms with E-state index in [0.717, 1.165) is 26.9 Å². The van der Waals surface area contributed by atoms with Crippen molar-refractivity contribution in [3.8, 4) is 5.75 Å². The number of carbonyl (C=O) groups excluding carboxylic acids is 1. The second-order valence-corrected chi connectivity index (χ2v) is 10.7. The summed E-state index contributed by atoms with van der Waals surface area (Å²) in [6.45, 7) is 4.21. The number of carbonyl (C=O) groups is 1. The fourth-order valence-electron chi connectivity index (χ4n) is 3.50. The Morgan fingerprint density at radius 3 is 2.27 bits per heavy atom. The van der Waals surface area contributed by atoms with Gasteiger partial charge in [-0.05, 0) is 54.8 Å². The highest BCUT2D eigenvalue weighted by atomic mass is 32.2. The summed E-state index contributed by atoms with van der Waals surface area (Å²) in [4.78, 5) is 19.7. The number of rotatable bonds is 7. The molecule has 0 N–H and O–H groups in total. The molecule has 33 heavy (non-hydrogen) atoms. The molecule has 0 radical (unpaired) electrons. The third kappa shape index (κ3) is 4.91. The van der Waals surface area contributed by atoms with Gasteiger partial charge in [0.15, 0.2) is 15.0 Å². The van der Waals surface area contributed by atoms with Crippen molar-refractivity contribution in [2.75, 3.05) is 17.8 Å². The van der Waals surface area contributed by atoms with Crippen molar-refractivity contribution in [3.63, 3.8) is 0 Å². The summed E-state index contributed by atoms with van der Waals surface area (Å²) in [6.07, 6.45) is 0. The van der Waals surface area contributed by atoms with E-state index in [-0.39, 0.29) is 11.4 Å². The number of ether oxygens (including phenoxy) is 1. The maximum absolute atomic E-state index is 13.4. The van der Waals surface area contributed by atoms with Crippen LogP contribution >= 0.6 is 11.3 Å². The van der Waals surface area contributed by atoms with E-state index >= 15 is 0 Å². The molecule has 0 aliphatic heterocycles. The predicted molar refractivity (Wildman–Crippen MR) is 132 cm³/mol. The molecule has 0 spiro atoms. The third-order valence-electron chi connectivity index (χ3n) is 5.38. The summed E-state index contributed by atoms with van der Waals surface area (Å²) in [6, 6.07) is 19.5. The summed E-state index contributed by atoms with van der Waals surface area (Å²) >= 11 is 1.40. The summed E-state index contributed by atoms with van der Waals surface area (Å²) in [7, 11) is -2.34. The molecule has 3 aromatic carbocycles. The summed E-state index contributed by atoms with van der Waals surface area (Å²) < 4.78 is 32.1.